The molecule has 0 saturated carbocycles. The van der Waals surface area contributed by atoms with Gasteiger partial charge < -0.3 is 5.73 Å². The van der Waals surface area contributed by atoms with E-state index >= 15 is 0 Å². The Morgan fingerprint density at radius 1 is 1.50 bits per heavy atom. The molecule has 0 spiro atoms. The molecule has 0 aliphatic heterocycles. The molecule has 6 heteroatoms. The molecule has 0 unspecified atom stereocenters. The van der Waals surface area contributed by atoms with Crippen LogP contribution in [0.4, 0.5) is 0 Å². The summed E-state index contributed by atoms with van der Waals surface area (Å²) in [6, 6.07) is 0. The van der Waals surface area contributed by atoms with Crippen LogP contribution in [0.2, 0.25) is 0 Å². The zero-order valence-electron chi connectivity index (χ0n) is 7.04. The van der Waals surface area contributed by atoms with Crippen molar-refractivity contribution < 1.29 is 13.2 Å². The van der Waals surface area contributed by atoms with Gasteiger partial charge in [0.25, 0.3) is 0 Å². The Balaban J connectivity index is 3.80. The van der Waals surface area contributed by atoms with Crippen LogP contribution in [0, 0.1) is 0 Å². The first kappa shape index (κ1) is 11.4. The first-order chi connectivity index (χ1) is 5.48. The molecule has 0 bridgehead atoms. The van der Waals surface area contributed by atoms with Gasteiger partial charge in [0.15, 0.2) is 0 Å². The van der Waals surface area contributed by atoms with Crippen molar-refractivity contribution in [2.24, 2.45) is 5.73 Å². The normalized spacial score (nSPS) is 11.4. The van der Waals surface area contributed by atoms with Crippen molar-refractivity contribution in [3.05, 3.63) is 0 Å². The Kier molecular flexibility index (Phi) is 4.84. The number of nitrogens with one attached hydrogen (secondary N) is 1. The number of amides is 1. The maximum Gasteiger partial charge on any atom is 0.218 e. The summed E-state index contributed by atoms with van der Waals surface area (Å²) in [5.41, 5.74) is 4.80. The van der Waals surface area contributed by atoms with E-state index < -0.39 is 15.9 Å². The molecular formula is C6H14N2O3S. The third-order valence-electron chi connectivity index (χ3n) is 1.19. The maximum atomic E-state index is 11.0. The molecule has 0 saturated heterocycles. The van der Waals surface area contributed by atoms with Gasteiger partial charge in [-0.15, -0.1) is 0 Å². The Labute approximate surface area is 72.4 Å². The second-order valence-electron chi connectivity index (χ2n) is 2.43. The summed E-state index contributed by atoms with van der Waals surface area (Å²) in [5, 5.41) is 0. The monoisotopic (exact) mass is 194 g/mol. The highest BCUT2D eigenvalue weighted by atomic mass is 32.2. The lowest BCUT2D eigenvalue weighted by Crippen LogP contribution is -2.29. The van der Waals surface area contributed by atoms with Gasteiger partial charge in [0.05, 0.1) is 5.75 Å². The van der Waals surface area contributed by atoms with Gasteiger partial charge in [0.1, 0.15) is 0 Å². The van der Waals surface area contributed by atoms with Crippen LogP contribution in [0.25, 0.3) is 0 Å². The average molecular weight is 194 g/mol. The number of nitrogens with two attached hydrogens (primary N) is 1. The van der Waals surface area contributed by atoms with Gasteiger partial charge in [-0.05, 0) is 6.42 Å². The molecule has 0 aromatic heterocycles. The Hall–Kier alpha value is -0.620. The molecule has 12 heavy (non-hydrogen) atoms. The third-order valence-corrected chi connectivity index (χ3v) is 2.57. The van der Waals surface area contributed by atoms with E-state index in [1.54, 1.807) is 0 Å². The van der Waals surface area contributed by atoms with E-state index in [4.69, 9.17) is 5.73 Å². The molecule has 0 atom stereocenters. The van der Waals surface area contributed by atoms with Crippen molar-refractivity contribution in [3.63, 3.8) is 0 Å². The van der Waals surface area contributed by atoms with E-state index in [1.165, 1.54) is 0 Å². The summed E-state index contributed by atoms with van der Waals surface area (Å²) >= 11 is 0. The second kappa shape index (κ2) is 5.10. The van der Waals surface area contributed by atoms with E-state index in [1.807, 2.05) is 6.92 Å². The number of primary amides is 1. The van der Waals surface area contributed by atoms with Crippen molar-refractivity contribution in [2.75, 3.05) is 12.3 Å². The van der Waals surface area contributed by atoms with Crippen LogP contribution < -0.4 is 10.5 Å². The molecule has 5 nitrogen and oxygen atoms in total. The third kappa shape index (κ3) is 6.11. The molecule has 1 amide bonds. The van der Waals surface area contributed by atoms with Crippen molar-refractivity contribution in [1.29, 1.82) is 0 Å². The fourth-order valence-electron chi connectivity index (χ4n) is 0.565. The zero-order chi connectivity index (χ0) is 9.61. The first-order valence-electron chi connectivity index (χ1n) is 3.73. The van der Waals surface area contributed by atoms with Crippen LogP contribution in [0.3, 0.4) is 0 Å². The van der Waals surface area contributed by atoms with Gasteiger partial charge in [-0.1, -0.05) is 6.92 Å². The lowest BCUT2D eigenvalue weighted by atomic mass is 10.5. The Bertz CT molecular complexity index is 235. The predicted octanol–water partition coefficient (Wildman–Crippen LogP) is -0.809. The number of hydrogen-bond donors (Lipinski definition) is 2. The minimum atomic E-state index is -3.29. The predicted molar refractivity (Wildman–Crippen MR) is 45.9 cm³/mol. The van der Waals surface area contributed by atoms with Gasteiger partial charge in [-0.25, -0.2) is 13.1 Å². The summed E-state index contributed by atoms with van der Waals surface area (Å²) in [6.07, 6.45) is 0.606. The fraction of sp³-hybridized carbons (Fsp3) is 0.833. The molecule has 0 heterocycles. The summed E-state index contributed by atoms with van der Waals surface area (Å²) in [5.74, 6) is -0.820. The summed E-state index contributed by atoms with van der Waals surface area (Å²) < 4.78 is 24.3. The van der Waals surface area contributed by atoms with Crippen molar-refractivity contribution >= 4 is 15.9 Å². The van der Waals surface area contributed by atoms with Crippen molar-refractivity contribution in [2.45, 2.75) is 19.8 Å². The maximum absolute atomic E-state index is 11.0. The number of hydrogen-bond acceptors (Lipinski definition) is 3. The zero-order valence-corrected chi connectivity index (χ0v) is 7.86. The standard InChI is InChI=1S/C6H14N2O3S/c1-2-4-8-12(10,11)5-3-6(7)9/h8H,2-5H2,1H3,(H2,7,9). The topological polar surface area (TPSA) is 89.3 Å². The minimum absolute atomic E-state index is 0.126. The van der Waals surface area contributed by atoms with Crippen LogP contribution in [0.5, 0.6) is 0 Å². The van der Waals surface area contributed by atoms with Gasteiger partial charge in [0.2, 0.25) is 15.9 Å². The number of carbonyl (C=O) groups is 1. The summed E-state index contributed by atoms with van der Waals surface area (Å²) in [4.78, 5) is 10.2. The van der Waals surface area contributed by atoms with E-state index in [-0.39, 0.29) is 12.2 Å². The highest BCUT2D eigenvalue weighted by molar-refractivity contribution is 7.89. The Morgan fingerprint density at radius 2 is 2.08 bits per heavy atom. The molecule has 0 aromatic carbocycles. The summed E-state index contributed by atoms with van der Waals surface area (Å²) in [7, 11) is -3.29. The van der Waals surface area contributed by atoms with Gasteiger partial charge >= 0.3 is 0 Å². The average Bonchev–Trinajstić information content (AvgIpc) is 1.98. The van der Waals surface area contributed by atoms with Crippen LogP contribution in [-0.4, -0.2) is 26.6 Å². The number of sulfonamides is 1. The van der Waals surface area contributed by atoms with Gasteiger partial charge in [0, 0.05) is 13.0 Å². The van der Waals surface area contributed by atoms with Crippen LogP contribution in [0.1, 0.15) is 19.8 Å². The van der Waals surface area contributed by atoms with E-state index in [9.17, 15) is 13.2 Å². The lowest BCUT2D eigenvalue weighted by Gasteiger charge is -2.02. The molecule has 3 N–H and O–H groups in total. The molecule has 0 fully saturated rings. The molecule has 0 aliphatic rings. The molecule has 72 valence electrons. The van der Waals surface area contributed by atoms with Gasteiger partial charge in [-0.2, -0.15) is 0 Å². The minimum Gasteiger partial charge on any atom is -0.370 e. The highest BCUT2D eigenvalue weighted by Crippen LogP contribution is 1.88. The summed E-state index contributed by atoms with van der Waals surface area (Å²) in [6.45, 7) is 2.26. The first-order valence-corrected chi connectivity index (χ1v) is 5.39. The van der Waals surface area contributed by atoms with E-state index in [2.05, 4.69) is 4.72 Å². The van der Waals surface area contributed by atoms with Crippen LogP contribution in [0.15, 0.2) is 0 Å². The molecule has 0 aromatic rings. The van der Waals surface area contributed by atoms with Crippen molar-refractivity contribution in [1.82, 2.24) is 4.72 Å². The molecular weight excluding hydrogens is 180 g/mol. The quantitative estimate of drug-likeness (QED) is 0.579. The van der Waals surface area contributed by atoms with Gasteiger partial charge in [-0.3, -0.25) is 4.79 Å². The molecule has 0 aliphatic carbocycles. The largest absolute Gasteiger partial charge is 0.370 e. The van der Waals surface area contributed by atoms with Crippen molar-refractivity contribution in [3.8, 4) is 0 Å². The van der Waals surface area contributed by atoms with Crippen LogP contribution >= 0.6 is 0 Å². The number of carbonyl (C=O) groups excluding carboxylic acids is 1. The molecule has 0 radical (unpaired) electrons. The van der Waals surface area contributed by atoms with E-state index in [0.717, 1.165) is 6.42 Å². The molecule has 0 rings (SSSR count). The lowest BCUT2D eigenvalue weighted by molar-refractivity contribution is -0.117. The smallest absolute Gasteiger partial charge is 0.218 e. The SMILES string of the molecule is CCCNS(=O)(=O)CCC(N)=O. The van der Waals surface area contributed by atoms with Crippen LogP contribution in [-0.2, 0) is 14.8 Å². The fourth-order valence-corrected chi connectivity index (χ4v) is 1.69. The Morgan fingerprint density at radius 3 is 2.50 bits per heavy atom. The highest BCUT2D eigenvalue weighted by Gasteiger charge is 2.09. The number of rotatable bonds is 6. The second-order valence-corrected chi connectivity index (χ2v) is 4.36. The van der Waals surface area contributed by atoms with E-state index in [0.29, 0.717) is 6.54 Å².